The van der Waals surface area contributed by atoms with Crippen molar-refractivity contribution < 1.29 is 4.79 Å². The average molecular weight is 317 g/mol. The maximum atomic E-state index is 11.5. The largest absolute Gasteiger partial charge is 0.375 e. The molecule has 2 nitrogen and oxygen atoms in total. The van der Waals surface area contributed by atoms with Gasteiger partial charge in [-0.05, 0) is 60.3 Å². The minimum absolute atomic E-state index is 0.201. The SMILES string of the molecule is O=CC1NC(C2CCC(c3ccccc3)CC2)=Cc2ccccc21. The summed E-state index contributed by atoms with van der Waals surface area (Å²) in [5, 5.41) is 3.48. The Morgan fingerprint density at radius 3 is 2.25 bits per heavy atom. The van der Waals surface area contributed by atoms with Gasteiger partial charge in [-0.3, -0.25) is 0 Å². The second-order valence-corrected chi connectivity index (χ2v) is 6.95. The summed E-state index contributed by atoms with van der Waals surface area (Å²) in [7, 11) is 0. The fourth-order valence-corrected chi connectivity index (χ4v) is 4.20. The van der Waals surface area contributed by atoms with Gasteiger partial charge in [0, 0.05) is 5.70 Å². The van der Waals surface area contributed by atoms with Crippen LogP contribution in [0.4, 0.5) is 0 Å². The predicted octanol–water partition coefficient (Wildman–Crippen LogP) is 4.84. The van der Waals surface area contributed by atoms with Gasteiger partial charge in [0.05, 0.1) is 0 Å². The monoisotopic (exact) mass is 317 g/mol. The number of benzene rings is 2. The third kappa shape index (κ3) is 2.89. The van der Waals surface area contributed by atoms with Crippen LogP contribution >= 0.6 is 0 Å². The second-order valence-electron chi connectivity index (χ2n) is 6.95. The van der Waals surface area contributed by atoms with Crippen molar-refractivity contribution in [2.75, 3.05) is 0 Å². The summed E-state index contributed by atoms with van der Waals surface area (Å²) in [4.78, 5) is 11.5. The van der Waals surface area contributed by atoms with E-state index < -0.39 is 0 Å². The minimum Gasteiger partial charge on any atom is -0.375 e. The van der Waals surface area contributed by atoms with Crippen LogP contribution in [-0.4, -0.2) is 6.29 Å². The van der Waals surface area contributed by atoms with E-state index in [4.69, 9.17) is 0 Å². The molecule has 1 N–H and O–H groups in total. The standard InChI is InChI=1S/C22H23NO/c24-15-22-20-9-5-4-8-19(20)14-21(23-22)18-12-10-17(11-13-18)16-6-2-1-3-7-16/h1-9,14-15,17-18,22-23H,10-13H2. The summed E-state index contributed by atoms with van der Waals surface area (Å²) in [6.07, 6.45) is 8.10. The van der Waals surface area contributed by atoms with Crippen molar-refractivity contribution in [1.29, 1.82) is 0 Å². The maximum Gasteiger partial charge on any atom is 0.146 e. The topological polar surface area (TPSA) is 29.1 Å². The Bertz CT molecular complexity index is 742. The molecule has 0 saturated heterocycles. The molecule has 2 aliphatic rings. The fraction of sp³-hybridized carbons (Fsp3) is 0.318. The average Bonchev–Trinajstić information content (AvgIpc) is 2.68. The second kappa shape index (κ2) is 6.64. The zero-order valence-electron chi connectivity index (χ0n) is 13.8. The lowest BCUT2D eigenvalue weighted by atomic mass is 9.76. The number of hydrogen-bond acceptors (Lipinski definition) is 2. The van der Waals surface area contributed by atoms with Crippen LogP contribution in [0, 0.1) is 5.92 Å². The highest BCUT2D eigenvalue weighted by Crippen LogP contribution is 2.40. The van der Waals surface area contributed by atoms with Crippen LogP contribution in [0.15, 0.2) is 60.3 Å². The number of rotatable bonds is 3. The highest BCUT2D eigenvalue weighted by Gasteiger charge is 2.28. The first-order chi connectivity index (χ1) is 11.8. The van der Waals surface area contributed by atoms with Crippen LogP contribution in [-0.2, 0) is 4.79 Å². The van der Waals surface area contributed by atoms with Crippen molar-refractivity contribution in [3.05, 3.63) is 77.0 Å². The van der Waals surface area contributed by atoms with Crippen LogP contribution in [0.3, 0.4) is 0 Å². The van der Waals surface area contributed by atoms with Crippen LogP contribution in [0.1, 0.15) is 54.3 Å². The number of hydrogen-bond donors (Lipinski definition) is 1. The molecule has 2 aromatic rings. The van der Waals surface area contributed by atoms with E-state index in [2.05, 4.69) is 47.8 Å². The van der Waals surface area contributed by atoms with Gasteiger partial charge in [-0.1, -0.05) is 54.6 Å². The number of nitrogens with one attached hydrogen (secondary N) is 1. The Morgan fingerprint density at radius 1 is 0.833 bits per heavy atom. The zero-order chi connectivity index (χ0) is 16.4. The quantitative estimate of drug-likeness (QED) is 0.820. The molecule has 1 aliphatic carbocycles. The van der Waals surface area contributed by atoms with Crippen LogP contribution in [0.25, 0.3) is 6.08 Å². The van der Waals surface area contributed by atoms with E-state index in [1.165, 1.54) is 42.5 Å². The lowest BCUT2D eigenvalue weighted by Gasteiger charge is -2.34. The molecular formula is C22H23NO. The molecule has 2 aromatic carbocycles. The normalized spacial score (nSPS) is 26.0. The van der Waals surface area contributed by atoms with Gasteiger partial charge in [0.25, 0.3) is 0 Å². The van der Waals surface area contributed by atoms with Crippen molar-refractivity contribution >= 4 is 12.4 Å². The lowest BCUT2D eigenvalue weighted by molar-refractivity contribution is -0.109. The predicted molar refractivity (Wildman–Crippen MR) is 97.5 cm³/mol. The molecule has 0 radical (unpaired) electrons. The van der Waals surface area contributed by atoms with Crippen molar-refractivity contribution in [3.63, 3.8) is 0 Å². The van der Waals surface area contributed by atoms with E-state index in [0.717, 1.165) is 11.8 Å². The number of fused-ring (bicyclic) bond motifs is 1. The van der Waals surface area contributed by atoms with Gasteiger partial charge < -0.3 is 10.1 Å². The minimum atomic E-state index is -0.201. The van der Waals surface area contributed by atoms with Gasteiger partial charge in [-0.2, -0.15) is 0 Å². The van der Waals surface area contributed by atoms with Crippen molar-refractivity contribution in [2.24, 2.45) is 5.92 Å². The van der Waals surface area contributed by atoms with E-state index in [1.54, 1.807) is 0 Å². The number of carbonyl (C=O) groups excluding carboxylic acids is 1. The molecule has 1 aliphatic heterocycles. The van der Waals surface area contributed by atoms with E-state index in [0.29, 0.717) is 11.8 Å². The number of carbonyl (C=O) groups is 1. The Kier molecular flexibility index (Phi) is 4.20. The van der Waals surface area contributed by atoms with Crippen LogP contribution in [0.5, 0.6) is 0 Å². The number of allylic oxidation sites excluding steroid dienone is 1. The summed E-state index contributed by atoms with van der Waals surface area (Å²) in [6, 6.07) is 18.9. The van der Waals surface area contributed by atoms with E-state index in [-0.39, 0.29) is 6.04 Å². The molecule has 24 heavy (non-hydrogen) atoms. The molecule has 0 aromatic heterocycles. The molecular weight excluding hydrogens is 294 g/mol. The summed E-state index contributed by atoms with van der Waals surface area (Å²) in [6.45, 7) is 0. The third-order valence-electron chi connectivity index (χ3n) is 5.54. The van der Waals surface area contributed by atoms with Gasteiger partial charge in [0.2, 0.25) is 0 Å². The van der Waals surface area contributed by atoms with Crippen LogP contribution < -0.4 is 5.32 Å². The van der Waals surface area contributed by atoms with Crippen molar-refractivity contribution in [1.82, 2.24) is 5.32 Å². The molecule has 1 saturated carbocycles. The van der Waals surface area contributed by atoms with Crippen molar-refractivity contribution in [3.8, 4) is 0 Å². The smallest absolute Gasteiger partial charge is 0.146 e. The van der Waals surface area contributed by atoms with Gasteiger partial charge >= 0.3 is 0 Å². The summed E-state index contributed by atoms with van der Waals surface area (Å²) < 4.78 is 0. The summed E-state index contributed by atoms with van der Waals surface area (Å²) in [5.41, 5.74) is 5.00. The number of aldehydes is 1. The van der Waals surface area contributed by atoms with Gasteiger partial charge in [-0.15, -0.1) is 0 Å². The maximum absolute atomic E-state index is 11.5. The van der Waals surface area contributed by atoms with Gasteiger partial charge in [-0.25, -0.2) is 0 Å². The first-order valence-corrected chi connectivity index (χ1v) is 8.92. The Labute approximate surface area is 143 Å². The van der Waals surface area contributed by atoms with E-state index in [1.807, 2.05) is 18.2 Å². The third-order valence-corrected chi connectivity index (χ3v) is 5.54. The molecule has 1 fully saturated rings. The molecule has 122 valence electrons. The molecule has 1 heterocycles. The first-order valence-electron chi connectivity index (χ1n) is 8.92. The van der Waals surface area contributed by atoms with Gasteiger partial charge in [0.1, 0.15) is 12.3 Å². The molecule has 2 heteroatoms. The molecule has 4 rings (SSSR count). The Hall–Kier alpha value is -2.35. The highest BCUT2D eigenvalue weighted by atomic mass is 16.1. The Balaban J connectivity index is 1.50. The summed E-state index contributed by atoms with van der Waals surface area (Å²) >= 11 is 0. The fourth-order valence-electron chi connectivity index (χ4n) is 4.20. The van der Waals surface area contributed by atoms with Gasteiger partial charge in [0.15, 0.2) is 0 Å². The van der Waals surface area contributed by atoms with Crippen molar-refractivity contribution in [2.45, 2.75) is 37.6 Å². The Morgan fingerprint density at radius 2 is 1.50 bits per heavy atom. The van der Waals surface area contributed by atoms with E-state index >= 15 is 0 Å². The van der Waals surface area contributed by atoms with E-state index in [9.17, 15) is 4.79 Å². The van der Waals surface area contributed by atoms with Crippen LogP contribution in [0.2, 0.25) is 0 Å². The lowest BCUT2D eigenvalue weighted by Crippen LogP contribution is -2.31. The molecule has 0 spiro atoms. The summed E-state index contributed by atoms with van der Waals surface area (Å²) in [5.74, 6) is 1.22. The highest BCUT2D eigenvalue weighted by molar-refractivity contribution is 5.71. The molecule has 1 atom stereocenters. The molecule has 0 bridgehead atoms. The molecule has 0 amide bonds. The molecule has 1 unspecified atom stereocenters. The first kappa shape index (κ1) is 15.2. The zero-order valence-corrected chi connectivity index (χ0v) is 13.8.